The maximum absolute atomic E-state index is 11.5. The number of furan rings is 1. The first-order valence-electron chi connectivity index (χ1n) is 6.13. The second-order valence-electron chi connectivity index (χ2n) is 4.42. The lowest BCUT2D eigenvalue weighted by atomic mass is 9.96. The third-order valence-electron chi connectivity index (χ3n) is 2.90. The Balaban J connectivity index is 1.88. The molecule has 1 saturated carbocycles. The summed E-state index contributed by atoms with van der Waals surface area (Å²) in [5.74, 6) is 0.908. The predicted molar refractivity (Wildman–Crippen MR) is 65.8 cm³/mol. The molecule has 1 aliphatic rings. The molecule has 1 aromatic rings. The highest BCUT2D eigenvalue weighted by Gasteiger charge is 2.24. The summed E-state index contributed by atoms with van der Waals surface area (Å²) in [6.07, 6.45) is 5.26. The zero-order valence-corrected chi connectivity index (χ0v) is 10.3. The molecule has 0 unspecified atom stereocenters. The van der Waals surface area contributed by atoms with Crippen LogP contribution < -0.4 is 0 Å². The lowest BCUT2D eigenvalue weighted by Crippen LogP contribution is -2.29. The van der Waals surface area contributed by atoms with Crippen LogP contribution in [0.25, 0.3) is 6.08 Å². The van der Waals surface area contributed by atoms with Gasteiger partial charge in [0.1, 0.15) is 11.5 Å². The zero-order chi connectivity index (χ0) is 13.0. The van der Waals surface area contributed by atoms with Gasteiger partial charge >= 0.3 is 5.97 Å². The van der Waals surface area contributed by atoms with Crippen LogP contribution >= 0.6 is 0 Å². The lowest BCUT2D eigenvalue weighted by molar-refractivity contribution is -0.152. The van der Waals surface area contributed by atoms with Gasteiger partial charge in [0, 0.05) is 12.5 Å². The van der Waals surface area contributed by atoms with Crippen LogP contribution in [0.3, 0.4) is 0 Å². The van der Waals surface area contributed by atoms with Crippen molar-refractivity contribution in [1.29, 1.82) is 0 Å². The van der Waals surface area contributed by atoms with E-state index in [9.17, 15) is 9.59 Å². The largest absolute Gasteiger partial charge is 0.462 e. The SMILES string of the molecule is Cc1ccc(/C=C/C(=O)O[C@@H]2CCCCC2=O)o1. The van der Waals surface area contributed by atoms with Crippen molar-refractivity contribution in [2.24, 2.45) is 0 Å². The van der Waals surface area contributed by atoms with E-state index in [0.29, 0.717) is 18.6 Å². The van der Waals surface area contributed by atoms with E-state index in [4.69, 9.17) is 9.15 Å². The van der Waals surface area contributed by atoms with Crippen LogP contribution in [0.15, 0.2) is 22.6 Å². The van der Waals surface area contributed by atoms with Crippen LogP contribution in [-0.2, 0) is 14.3 Å². The van der Waals surface area contributed by atoms with Crippen LogP contribution in [0.4, 0.5) is 0 Å². The molecule has 96 valence electrons. The molecule has 1 heterocycles. The van der Waals surface area contributed by atoms with Crippen LogP contribution in [0.1, 0.15) is 37.2 Å². The predicted octanol–water partition coefficient (Wildman–Crippen LogP) is 2.66. The van der Waals surface area contributed by atoms with Crippen LogP contribution in [-0.4, -0.2) is 17.9 Å². The van der Waals surface area contributed by atoms with E-state index in [0.717, 1.165) is 18.6 Å². The molecule has 0 spiro atoms. The molecule has 0 amide bonds. The number of ketones is 1. The first kappa shape index (κ1) is 12.6. The highest BCUT2D eigenvalue weighted by atomic mass is 16.5. The Kier molecular flexibility index (Phi) is 3.97. The standard InChI is InChI=1S/C14H16O4/c1-10-6-7-11(17-10)8-9-14(16)18-13-5-3-2-4-12(13)15/h6-9,13H,2-5H2,1H3/b9-8+/t13-/m1/s1. The molecule has 1 atom stereocenters. The fourth-order valence-electron chi connectivity index (χ4n) is 1.95. The molecule has 0 N–H and O–H groups in total. The van der Waals surface area contributed by atoms with Crippen molar-refractivity contribution >= 4 is 17.8 Å². The summed E-state index contributed by atoms with van der Waals surface area (Å²) in [6, 6.07) is 3.58. The van der Waals surface area contributed by atoms with Gasteiger partial charge in [-0.15, -0.1) is 0 Å². The number of rotatable bonds is 3. The number of aryl methyl sites for hydroxylation is 1. The second-order valence-corrected chi connectivity index (χ2v) is 4.42. The van der Waals surface area contributed by atoms with E-state index in [-0.39, 0.29) is 5.78 Å². The maximum Gasteiger partial charge on any atom is 0.331 e. The molecular weight excluding hydrogens is 232 g/mol. The highest BCUT2D eigenvalue weighted by Crippen LogP contribution is 2.17. The smallest absolute Gasteiger partial charge is 0.331 e. The van der Waals surface area contributed by atoms with Crippen LogP contribution in [0.5, 0.6) is 0 Å². The minimum absolute atomic E-state index is 0.0249. The molecule has 0 aromatic carbocycles. The molecule has 0 bridgehead atoms. The average molecular weight is 248 g/mol. The number of ether oxygens (including phenoxy) is 1. The van der Waals surface area contributed by atoms with Crippen molar-refractivity contribution in [3.05, 3.63) is 29.7 Å². The van der Waals surface area contributed by atoms with Crippen molar-refractivity contribution in [3.8, 4) is 0 Å². The normalized spacial score (nSPS) is 20.3. The zero-order valence-electron chi connectivity index (χ0n) is 10.3. The molecule has 2 rings (SSSR count). The minimum atomic E-state index is -0.561. The summed E-state index contributed by atoms with van der Waals surface area (Å²) >= 11 is 0. The van der Waals surface area contributed by atoms with E-state index in [1.165, 1.54) is 6.08 Å². The Hall–Kier alpha value is -1.84. The van der Waals surface area contributed by atoms with Crippen molar-refractivity contribution in [3.63, 3.8) is 0 Å². The molecule has 1 aromatic heterocycles. The maximum atomic E-state index is 11.5. The molecule has 0 saturated heterocycles. The summed E-state index contributed by atoms with van der Waals surface area (Å²) in [6.45, 7) is 1.83. The Morgan fingerprint density at radius 3 is 2.94 bits per heavy atom. The number of hydrogen-bond acceptors (Lipinski definition) is 4. The van der Waals surface area contributed by atoms with E-state index >= 15 is 0 Å². The summed E-state index contributed by atoms with van der Waals surface area (Å²) in [4.78, 5) is 23.0. The quantitative estimate of drug-likeness (QED) is 0.609. The Morgan fingerprint density at radius 1 is 1.44 bits per heavy atom. The average Bonchev–Trinajstić information content (AvgIpc) is 2.76. The third kappa shape index (κ3) is 3.32. The molecule has 4 nitrogen and oxygen atoms in total. The molecule has 0 aliphatic heterocycles. The van der Waals surface area contributed by atoms with Gasteiger partial charge in [-0.25, -0.2) is 4.79 Å². The van der Waals surface area contributed by atoms with E-state index in [2.05, 4.69) is 0 Å². The van der Waals surface area contributed by atoms with Gasteiger partial charge in [-0.1, -0.05) is 0 Å². The Labute approximate surface area is 106 Å². The van der Waals surface area contributed by atoms with Crippen LogP contribution in [0.2, 0.25) is 0 Å². The topological polar surface area (TPSA) is 56.5 Å². The number of carbonyl (C=O) groups is 2. The third-order valence-corrected chi connectivity index (χ3v) is 2.90. The van der Waals surface area contributed by atoms with Crippen LogP contribution in [0, 0.1) is 6.92 Å². The Bertz CT molecular complexity index is 470. The minimum Gasteiger partial charge on any atom is -0.462 e. The monoisotopic (exact) mass is 248 g/mol. The fourth-order valence-corrected chi connectivity index (χ4v) is 1.95. The summed E-state index contributed by atoms with van der Waals surface area (Å²) in [5, 5.41) is 0. The number of hydrogen-bond donors (Lipinski definition) is 0. The molecule has 4 heteroatoms. The van der Waals surface area contributed by atoms with Crippen molar-refractivity contribution in [1.82, 2.24) is 0 Å². The fraction of sp³-hybridized carbons (Fsp3) is 0.429. The van der Waals surface area contributed by atoms with Crippen molar-refractivity contribution in [2.45, 2.75) is 38.7 Å². The van der Waals surface area contributed by atoms with E-state index in [1.54, 1.807) is 12.1 Å². The van der Waals surface area contributed by atoms with Gasteiger partial charge in [0.25, 0.3) is 0 Å². The van der Waals surface area contributed by atoms with E-state index < -0.39 is 12.1 Å². The summed E-state index contributed by atoms with van der Waals surface area (Å²) in [7, 11) is 0. The van der Waals surface area contributed by atoms with Gasteiger partial charge < -0.3 is 9.15 Å². The Morgan fingerprint density at radius 2 is 2.28 bits per heavy atom. The molecule has 18 heavy (non-hydrogen) atoms. The molecular formula is C14H16O4. The molecule has 1 fully saturated rings. The van der Waals surface area contributed by atoms with Crippen molar-refractivity contribution in [2.75, 3.05) is 0 Å². The first-order chi connectivity index (χ1) is 8.65. The van der Waals surface area contributed by atoms with Gasteiger partial charge in [-0.2, -0.15) is 0 Å². The number of esters is 1. The summed E-state index contributed by atoms with van der Waals surface area (Å²) < 4.78 is 10.4. The van der Waals surface area contributed by atoms with Crippen molar-refractivity contribution < 1.29 is 18.7 Å². The molecule has 0 radical (unpaired) electrons. The van der Waals surface area contributed by atoms with Gasteiger partial charge in [-0.3, -0.25) is 4.79 Å². The first-order valence-corrected chi connectivity index (χ1v) is 6.13. The lowest BCUT2D eigenvalue weighted by Gasteiger charge is -2.19. The van der Waals surface area contributed by atoms with Gasteiger partial charge in [0.05, 0.1) is 0 Å². The second kappa shape index (κ2) is 5.67. The highest BCUT2D eigenvalue weighted by molar-refractivity contribution is 5.91. The van der Waals surface area contributed by atoms with Gasteiger partial charge in [0.2, 0.25) is 0 Å². The van der Waals surface area contributed by atoms with Gasteiger partial charge in [0.15, 0.2) is 11.9 Å². The molecule has 1 aliphatic carbocycles. The van der Waals surface area contributed by atoms with Gasteiger partial charge in [-0.05, 0) is 44.4 Å². The summed E-state index contributed by atoms with van der Waals surface area (Å²) in [5.41, 5.74) is 0. The van der Waals surface area contributed by atoms with E-state index in [1.807, 2.05) is 13.0 Å². The number of Topliss-reactive ketones (excluding diaryl/α,β-unsaturated/α-hetero) is 1. The number of carbonyl (C=O) groups excluding carboxylic acids is 2.